The van der Waals surface area contributed by atoms with Crippen LogP contribution in [0.3, 0.4) is 0 Å². The van der Waals surface area contributed by atoms with Gasteiger partial charge in [0, 0.05) is 19.6 Å². The fourth-order valence-electron chi connectivity index (χ4n) is 3.12. The van der Waals surface area contributed by atoms with Gasteiger partial charge in [0.25, 0.3) is 0 Å². The van der Waals surface area contributed by atoms with Crippen LogP contribution in [-0.2, 0) is 0 Å². The summed E-state index contributed by atoms with van der Waals surface area (Å²) in [5.74, 6) is 2.12. The maximum Gasteiger partial charge on any atom is 0.122 e. The summed E-state index contributed by atoms with van der Waals surface area (Å²) >= 11 is 0. The van der Waals surface area contributed by atoms with Crippen molar-refractivity contribution in [2.45, 2.75) is 39.2 Å². The summed E-state index contributed by atoms with van der Waals surface area (Å²) in [5.41, 5.74) is -0.279. The monoisotopic (exact) mass is 235 g/mol. The molecule has 96 valence electrons. The number of nitriles is 1. The molecule has 0 spiro atoms. The van der Waals surface area contributed by atoms with Crippen LogP contribution < -0.4 is 5.32 Å². The van der Waals surface area contributed by atoms with Crippen LogP contribution in [0.1, 0.15) is 33.6 Å². The average Bonchev–Trinajstić information content (AvgIpc) is 3.08. The van der Waals surface area contributed by atoms with Crippen molar-refractivity contribution in [2.24, 2.45) is 17.8 Å². The summed E-state index contributed by atoms with van der Waals surface area (Å²) in [7, 11) is 0. The molecule has 3 atom stereocenters. The highest BCUT2D eigenvalue weighted by atomic mass is 15.2. The standard InChI is InChI=1S/C14H25N3/c1-4-16-14(9-15,13-5-6-13)10-17-7-11(2)12(3)8-17/h11-13,16H,4-8,10H2,1-3H3. The molecule has 3 unspecified atom stereocenters. The van der Waals surface area contributed by atoms with E-state index in [1.54, 1.807) is 0 Å². The molecule has 2 fully saturated rings. The largest absolute Gasteiger partial charge is 0.300 e. The molecule has 17 heavy (non-hydrogen) atoms. The number of hydrogen-bond acceptors (Lipinski definition) is 3. The molecular formula is C14H25N3. The smallest absolute Gasteiger partial charge is 0.122 e. The zero-order chi connectivity index (χ0) is 12.5. The first-order chi connectivity index (χ1) is 8.11. The maximum atomic E-state index is 9.57. The lowest BCUT2D eigenvalue weighted by Crippen LogP contribution is -2.54. The van der Waals surface area contributed by atoms with Gasteiger partial charge in [-0.15, -0.1) is 0 Å². The Kier molecular flexibility index (Phi) is 3.75. The summed E-state index contributed by atoms with van der Waals surface area (Å²) in [6.07, 6.45) is 2.44. The van der Waals surface area contributed by atoms with Crippen LogP contribution in [0.5, 0.6) is 0 Å². The third-order valence-corrected chi connectivity index (χ3v) is 4.50. The number of likely N-dealkylation sites (N-methyl/N-ethyl adjacent to an activating group) is 1. The van der Waals surface area contributed by atoms with Crippen LogP contribution in [0, 0.1) is 29.1 Å². The first-order valence-electron chi connectivity index (χ1n) is 7.00. The van der Waals surface area contributed by atoms with Gasteiger partial charge in [-0.05, 0) is 37.1 Å². The van der Waals surface area contributed by atoms with E-state index in [0.29, 0.717) is 5.92 Å². The Hall–Kier alpha value is -0.590. The van der Waals surface area contributed by atoms with E-state index in [2.05, 4.69) is 37.1 Å². The summed E-state index contributed by atoms with van der Waals surface area (Å²) in [5, 5.41) is 13.0. The number of hydrogen-bond donors (Lipinski definition) is 1. The lowest BCUT2D eigenvalue weighted by Gasteiger charge is -2.32. The SMILES string of the molecule is CCNC(C#N)(CN1CC(C)C(C)C1)C1CC1. The predicted octanol–water partition coefficient (Wildman–Crippen LogP) is 1.86. The van der Waals surface area contributed by atoms with Crippen LogP contribution in [0.2, 0.25) is 0 Å². The molecule has 0 radical (unpaired) electrons. The van der Waals surface area contributed by atoms with E-state index in [1.165, 1.54) is 12.8 Å². The third-order valence-electron chi connectivity index (χ3n) is 4.50. The Bertz CT molecular complexity index is 295. The third kappa shape index (κ3) is 2.64. The van der Waals surface area contributed by atoms with Crippen molar-refractivity contribution in [1.82, 2.24) is 10.2 Å². The lowest BCUT2D eigenvalue weighted by molar-refractivity contribution is 0.223. The quantitative estimate of drug-likeness (QED) is 0.790. The highest BCUT2D eigenvalue weighted by molar-refractivity contribution is 5.17. The van der Waals surface area contributed by atoms with Gasteiger partial charge in [-0.3, -0.25) is 10.2 Å². The van der Waals surface area contributed by atoms with Crippen molar-refractivity contribution < 1.29 is 0 Å². The lowest BCUT2D eigenvalue weighted by atomic mass is 9.94. The Morgan fingerprint density at radius 2 is 1.88 bits per heavy atom. The summed E-state index contributed by atoms with van der Waals surface area (Å²) in [6.45, 7) is 10.9. The molecule has 3 heteroatoms. The van der Waals surface area contributed by atoms with E-state index in [1.807, 2.05) is 0 Å². The van der Waals surface area contributed by atoms with Crippen molar-refractivity contribution >= 4 is 0 Å². The Balaban J connectivity index is 2.01. The van der Waals surface area contributed by atoms with Gasteiger partial charge in [0.05, 0.1) is 6.07 Å². The van der Waals surface area contributed by atoms with E-state index in [-0.39, 0.29) is 5.54 Å². The topological polar surface area (TPSA) is 39.1 Å². The molecule has 2 rings (SSSR count). The van der Waals surface area contributed by atoms with Crippen LogP contribution in [0.4, 0.5) is 0 Å². The van der Waals surface area contributed by atoms with Crippen LogP contribution in [0.25, 0.3) is 0 Å². The fraction of sp³-hybridized carbons (Fsp3) is 0.929. The first-order valence-corrected chi connectivity index (χ1v) is 7.00. The molecule has 1 aliphatic carbocycles. The van der Waals surface area contributed by atoms with E-state index in [0.717, 1.165) is 38.0 Å². The summed E-state index contributed by atoms with van der Waals surface area (Å²) < 4.78 is 0. The number of rotatable bonds is 5. The van der Waals surface area contributed by atoms with Gasteiger partial charge in [-0.1, -0.05) is 20.8 Å². The zero-order valence-corrected chi connectivity index (χ0v) is 11.4. The van der Waals surface area contributed by atoms with Gasteiger partial charge >= 0.3 is 0 Å². The molecule has 0 aromatic rings. The second-order valence-corrected chi connectivity index (χ2v) is 6.04. The van der Waals surface area contributed by atoms with Gasteiger partial charge in [0.2, 0.25) is 0 Å². The normalized spacial score (nSPS) is 33.3. The Morgan fingerprint density at radius 3 is 2.29 bits per heavy atom. The van der Waals surface area contributed by atoms with Gasteiger partial charge in [-0.2, -0.15) is 5.26 Å². The van der Waals surface area contributed by atoms with Gasteiger partial charge in [0.1, 0.15) is 5.54 Å². The highest BCUT2D eigenvalue weighted by Crippen LogP contribution is 2.40. The molecule has 0 aromatic carbocycles. The minimum Gasteiger partial charge on any atom is -0.300 e. The first kappa shape index (κ1) is 12.9. The Morgan fingerprint density at radius 1 is 1.29 bits per heavy atom. The molecule has 3 nitrogen and oxygen atoms in total. The van der Waals surface area contributed by atoms with Gasteiger partial charge in [0.15, 0.2) is 0 Å². The minimum atomic E-state index is -0.279. The highest BCUT2D eigenvalue weighted by Gasteiger charge is 2.47. The van der Waals surface area contributed by atoms with Gasteiger partial charge in [-0.25, -0.2) is 0 Å². The molecule has 1 saturated heterocycles. The van der Waals surface area contributed by atoms with Crippen molar-refractivity contribution in [3.63, 3.8) is 0 Å². The summed E-state index contributed by atoms with van der Waals surface area (Å²) in [6, 6.07) is 2.58. The van der Waals surface area contributed by atoms with Crippen molar-refractivity contribution in [3.8, 4) is 6.07 Å². The molecule has 0 aromatic heterocycles. The number of nitrogens with one attached hydrogen (secondary N) is 1. The Labute approximate surface area is 105 Å². The molecular weight excluding hydrogens is 210 g/mol. The zero-order valence-electron chi connectivity index (χ0n) is 11.4. The van der Waals surface area contributed by atoms with E-state index < -0.39 is 0 Å². The van der Waals surface area contributed by atoms with E-state index in [9.17, 15) is 5.26 Å². The van der Waals surface area contributed by atoms with Crippen molar-refractivity contribution in [1.29, 1.82) is 5.26 Å². The van der Waals surface area contributed by atoms with Gasteiger partial charge < -0.3 is 0 Å². The van der Waals surface area contributed by atoms with Crippen LogP contribution in [-0.4, -0.2) is 36.6 Å². The van der Waals surface area contributed by atoms with Crippen LogP contribution >= 0.6 is 0 Å². The minimum absolute atomic E-state index is 0.279. The fourth-order valence-corrected chi connectivity index (χ4v) is 3.12. The second kappa shape index (κ2) is 4.96. The maximum absolute atomic E-state index is 9.57. The molecule has 1 N–H and O–H groups in total. The molecule has 2 aliphatic rings. The molecule has 1 heterocycles. The van der Waals surface area contributed by atoms with Crippen LogP contribution in [0.15, 0.2) is 0 Å². The molecule has 0 amide bonds. The van der Waals surface area contributed by atoms with E-state index in [4.69, 9.17) is 0 Å². The number of likely N-dealkylation sites (tertiary alicyclic amines) is 1. The molecule has 0 bridgehead atoms. The van der Waals surface area contributed by atoms with Crippen molar-refractivity contribution in [2.75, 3.05) is 26.2 Å². The molecule has 1 saturated carbocycles. The predicted molar refractivity (Wildman–Crippen MR) is 69.5 cm³/mol. The van der Waals surface area contributed by atoms with E-state index >= 15 is 0 Å². The number of nitrogens with zero attached hydrogens (tertiary/aromatic N) is 2. The molecule has 1 aliphatic heterocycles. The van der Waals surface area contributed by atoms with Crippen molar-refractivity contribution in [3.05, 3.63) is 0 Å². The average molecular weight is 235 g/mol. The summed E-state index contributed by atoms with van der Waals surface area (Å²) in [4.78, 5) is 2.49. The second-order valence-electron chi connectivity index (χ2n) is 6.04.